The Morgan fingerprint density at radius 1 is 1.09 bits per heavy atom. The maximum absolute atomic E-state index is 13.0. The van der Waals surface area contributed by atoms with Crippen molar-refractivity contribution in [3.8, 4) is 0 Å². The molecule has 1 aliphatic carbocycles. The molecule has 3 atom stereocenters. The van der Waals surface area contributed by atoms with E-state index in [9.17, 15) is 37.1 Å². The standard InChI is InChI=1S/C19H27F3N4O6/c1-23-17(30)18(31)26-14(10-4-2-3-5-10)16(29)25-12(8-11-6-7-24-15(11)28)13(27)9-32-19(20,21)22/h10-12,14H,2-9H2,1H3,(H,23,30)(H,24,28)(H,25,29)(H,26,31)/t11-,12-,14-/m0/s1. The van der Waals surface area contributed by atoms with Crippen molar-refractivity contribution in [3.05, 3.63) is 0 Å². The first-order valence-electron chi connectivity index (χ1n) is 10.4. The quantitative estimate of drug-likeness (QED) is 0.340. The van der Waals surface area contributed by atoms with E-state index in [1.807, 2.05) is 0 Å². The Labute approximate surface area is 182 Å². The second kappa shape index (κ2) is 11.2. The predicted octanol–water partition coefficient (Wildman–Crippen LogP) is -0.476. The topological polar surface area (TPSA) is 143 Å². The van der Waals surface area contributed by atoms with Crippen LogP contribution in [0.3, 0.4) is 0 Å². The zero-order chi connectivity index (χ0) is 23.9. The summed E-state index contributed by atoms with van der Waals surface area (Å²) in [5.74, 6) is -5.21. The zero-order valence-electron chi connectivity index (χ0n) is 17.5. The first-order chi connectivity index (χ1) is 15.0. The molecule has 1 saturated carbocycles. The number of carbonyl (C=O) groups is 5. The molecule has 1 saturated heterocycles. The number of ether oxygens (including phenoxy) is 1. The minimum atomic E-state index is -5.04. The average molecular weight is 464 g/mol. The van der Waals surface area contributed by atoms with Gasteiger partial charge in [-0.25, -0.2) is 0 Å². The number of amides is 4. The van der Waals surface area contributed by atoms with Gasteiger partial charge in [0.05, 0.1) is 6.04 Å². The van der Waals surface area contributed by atoms with Gasteiger partial charge in [-0.15, -0.1) is 13.2 Å². The van der Waals surface area contributed by atoms with Crippen molar-refractivity contribution >= 4 is 29.4 Å². The van der Waals surface area contributed by atoms with E-state index in [0.29, 0.717) is 25.8 Å². The number of alkyl halides is 3. The predicted molar refractivity (Wildman–Crippen MR) is 103 cm³/mol. The van der Waals surface area contributed by atoms with Gasteiger partial charge in [-0.05, 0) is 31.6 Å². The number of nitrogens with one attached hydrogen (secondary N) is 4. The van der Waals surface area contributed by atoms with Crippen LogP contribution >= 0.6 is 0 Å². The molecule has 2 rings (SSSR count). The molecule has 0 aromatic carbocycles. The second-order valence-corrected chi connectivity index (χ2v) is 7.85. The normalized spacial score (nSPS) is 20.9. The van der Waals surface area contributed by atoms with Gasteiger partial charge in [-0.3, -0.25) is 28.7 Å². The van der Waals surface area contributed by atoms with Crippen molar-refractivity contribution in [1.29, 1.82) is 0 Å². The summed E-state index contributed by atoms with van der Waals surface area (Å²) in [7, 11) is 1.24. The third-order valence-electron chi connectivity index (χ3n) is 5.64. The van der Waals surface area contributed by atoms with Gasteiger partial charge in [0.25, 0.3) is 0 Å². The number of hydrogen-bond donors (Lipinski definition) is 4. The molecule has 32 heavy (non-hydrogen) atoms. The number of halogens is 3. The minimum Gasteiger partial charge on any atom is -0.356 e. The lowest BCUT2D eigenvalue weighted by atomic mass is 9.93. The molecular formula is C19H27F3N4O6. The zero-order valence-corrected chi connectivity index (χ0v) is 17.5. The van der Waals surface area contributed by atoms with Crippen molar-refractivity contribution in [2.24, 2.45) is 11.8 Å². The Kier molecular flexibility index (Phi) is 8.99. The average Bonchev–Trinajstić information content (AvgIpc) is 3.40. The van der Waals surface area contributed by atoms with E-state index in [1.54, 1.807) is 0 Å². The van der Waals surface area contributed by atoms with Crippen LogP contribution in [-0.2, 0) is 28.7 Å². The van der Waals surface area contributed by atoms with Gasteiger partial charge in [0.2, 0.25) is 11.8 Å². The summed E-state index contributed by atoms with van der Waals surface area (Å²) < 4.78 is 40.7. The van der Waals surface area contributed by atoms with Crippen molar-refractivity contribution in [1.82, 2.24) is 21.3 Å². The molecule has 4 amide bonds. The second-order valence-electron chi connectivity index (χ2n) is 7.85. The molecule has 2 aliphatic rings. The molecule has 1 aliphatic heterocycles. The summed E-state index contributed by atoms with van der Waals surface area (Å²) in [6.45, 7) is -0.980. The smallest absolute Gasteiger partial charge is 0.356 e. The summed E-state index contributed by atoms with van der Waals surface area (Å²) in [5, 5.41) is 9.42. The van der Waals surface area contributed by atoms with Crippen LogP contribution in [0.15, 0.2) is 0 Å². The Morgan fingerprint density at radius 3 is 2.28 bits per heavy atom. The van der Waals surface area contributed by atoms with E-state index in [-0.39, 0.29) is 18.2 Å². The highest BCUT2D eigenvalue weighted by molar-refractivity contribution is 6.35. The number of hydrogen-bond acceptors (Lipinski definition) is 6. The van der Waals surface area contributed by atoms with Gasteiger partial charge in [0, 0.05) is 19.5 Å². The maximum Gasteiger partial charge on any atom is 0.522 e. The van der Waals surface area contributed by atoms with Crippen molar-refractivity contribution < 1.29 is 41.9 Å². The van der Waals surface area contributed by atoms with Crippen molar-refractivity contribution in [2.75, 3.05) is 20.2 Å². The lowest BCUT2D eigenvalue weighted by Crippen LogP contribution is -2.56. The molecule has 0 spiro atoms. The largest absolute Gasteiger partial charge is 0.522 e. The van der Waals surface area contributed by atoms with Crippen molar-refractivity contribution in [3.63, 3.8) is 0 Å². The van der Waals surface area contributed by atoms with Gasteiger partial charge in [-0.2, -0.15) is 0 Å². The van der Waals surface area contributed by atoms with Crippen LogP contribution in [0, 0.1) is 11.8 Å². The minimum absolute atomic E-state index is 0.210. The molecule has 13 heteroatoms. The van der Waals surface area contributed by atoms with Crippen LogP contribution in [0.2, 0.25) is 0 Å². The monoisotopic (exact) mass is 464 g/mol. The molecule has 0 bridgehead atoms. The first-order valence-corrected chi connectivity index (χ1v) is 10.4. The lowest BCUT2D eigenvalue weighted by Gasteiger charge is -2.27. The Bertz CT molecular complexity index is 739. The fourth-order valence-electron chi connectivity index (χ4n) is 3.95. The number of Topliss-reactive ketones (excluding diaryl/α,β-unsaturated/α-hetero) is 1. The SMILES string of the molecule is CNC(=O)C(=O)N[C@H](C(=O)N[C@@H](C[C@@H]1CCNC1=O)C(=O)COC(F)(F)F)C1CCCC1. The van der Waals surface area contributed by atoms with Gasteiger partial charge < -0.3 is 21.3 Å². The van der Waals surface area contributed by atoms with Crippen LogP contribution in [0.1, 0.15) is 38.5 Å². The molecule has 0 aromatic heterocycles. The van der Waals surface area contributed by atoms with Gasteiger partial charge in [-0.1, -0.05) is 12.8 Å². The fraction of sp³-hybridized carbons (Fsp3) is 0.737. The maximum atomic E-state index is 13.0. The van der Waals surface area contributed by atoms with Gasteiger partial charge >= 0.3 is 18.2 Å². The van der Waals surface area contributed by atoms with Crippen LogP contribution in [-0.4, -0.2) is 68.1 Å². The Hall–Kier alpha value is -2.70. The molecule has 2 fully saturated rings. The highest BCUT2D eigenvalue weighted by Gasteiger charge is 2.38. The van der Waals surface area contributed by atoms with E-state index >= 15 is 0 Å². The molecule has 10 nitrogen and oxygen atoms in total. The highest BCUT2D eigenvalue weighted by atomic mass is 19.4. The van der Waals surface area contributed by atoms with Gasteiger partial charge in [0.15, 0.2) is 5.78 Å². The summed E-state index contributed by atoms with van der Waals surface area (Å²) in [6.07, 6.45) is -2.11. The number of carbonyl (C=O) groups excluding carboxylic acids is 5. The van der Waals surface area contributed by atoms with Crippen molar-refractivity contribution in [2.45, 2.75) is 57.0 Å². The molecule has 180 valence electrons. The summed E-state index contributed by atoms with van der Waals surface area (Å²) in [4.78, 5) is 60.9. The van der Waals surface area contributed by atoms with Crippen LogP contribution in [0.5, 0.6) is 0 Å². The molecule has 0 radical (unpaired) electrons. The third kappa shape index (κ3) is 7.46. The number of likely N-dealkylation sites (N-methyl/N-ethyl adjacent to an activating group) is 1. The summed E-state index contributed by atoms with van der Waals surface area (Å²) in [5.41, 5.74) is 0. The Balaban J connectivity index is 2.15. The van der Waals surface area contributed by atoms with E-state index in [0.717, 1.165) is 12.8 Å². The molecule has 1 heterocycles. The lowest BCUT2D eigenvalue weighted by molar-refractivity contribution is -0.321. The summed E-state index contributed by atoms with van der Waals surface area (Å²) >= 11 is 0. The molecule has 0 unspecified atom stereocenters. The van der Waals surface area contributed by atoms with Crippen LogP contribution in [0.4, 0.5) is 13.2 Å². The fourth-order valence-corrected chi connectivity index (χ4v) is 3.95. The Morgan fingerprint density at radius 2 is 1.75 bits per heavy atom. The summed E-state index contributed by atoms with van der Waals surface area (Å²) in [6, 6.07) is -2.59. The van der Waals surface area contributed by atoms with Gasteiger partial charge in [0.1, 0.15) is 12.6 Å². The van der Waals surface area contributed by atoms with Crippen LogP contribution in [0.25, 0.3) is 0 Å². The van der Waals surface area contributed by atoms with E-state index in [4.69, 9.17) is 0 Å². The molecule has 0 aromatic rings. The van der Waals surface area contributed by atoms with Crippen LogP contribution < -0.4 is 21.3 Å². The molecular weight excluding hydrogens is 437 g/mol. The van der Waals surface area contributed by atoms with E-state index < -0.39 is 54.5 Å². The highest BCUT2D eigenvalue weighted by Crippen LogP contribution is 2.28. The third-order valence-corrected chi connectivity index (χ3v) is 5.64. The van der Waals surface area contributed by atoms with E-state index in [2.05, 4.69) is 26.0 Å². The first kappa shape index (κ1) is 25.6. The molecule has 4 N–H and O–H groups in total. The number of rotatable bonds is 9. The number of ketones is 1. The van der Waals surface area contributed by atoms with E-state index in [1.165, 1.54) is 7.05 Å².